The van der Waals surface area contributed by atoms with E-state index in [2.05, 4.69) is 5.32 Å². The van der Waals surface area contributed by atoms with Crippen LogP contribution in [-0.2, 0) is 4.79 Å². The normalized spacial score (nSPS) is 17.8. The number of carboxylic acids is 1. The Balaban J connectivity index is 2.55. The molecule has 0 heterocycles. The van der Waals surface area contributed by atoms with E-state index in [1.807, 2.05) is 0 Å². The second-order valence-corrected chi connectivity index (χ2v) is 5.27. The highest BCUT2D eigenvalue weighted by atomic mass is 19.4. The second kappa shape index (κ2) is 6.32. The van der Waals surface area contributed by atoms with E-state index < -0.39 is 36.7 Å². The SMILES string of the molecule is CN(CCC(F)(F)F)C(=O)NC1(CC(=O)O)CCCC1. The zero-order chi connectivity index (χ0) is 15.4. The van der Waals surface area contributed by atoms with Crippen LogP contribution in [0, 0.1) is 0 Å². The number of carbonyl (C=O) groups is 2. The topological polar surface area (TPSA) is 69.6 Å². The van der Waals surface area contributed by atoms with Gasteiger partial charge in [-0.15, -0.1) is 0 Å². The molecular weight excluding hydrogens is 277 g/mol. The number of nitrogens with zero attached hydrogens (tertiary/aromatic N) is 1. The van der Waals surface area contributed by atoms with Crippen LogP contribution in [-0.4, -0.2) is 47.3 Å². The highest BCUT2D eigenvalue weighted by Gasteiger charge is 2.38. The average Bonchev–Trinajstić information content (AvgIpc) is 2.72. The molecule has 5 nitrogen and oxygen atoms in total. The van der Waals surface area contributed by atoms with Crippen molar-refractivity contribution >= 4 is 12.0 Å². The van der Waals surface area contributed by atoms with Gasteiger partial charge < -0.3 is 15.3 Å². The molecule has 0 radical (unpaired) electrons. The fourth-order valence-electron chi connectivity index (χ4n) is 2.41. The summed E-state index contributed by atoms with van der Waals surface area (Å²) in [5.74, 6) is -1.02. The van der Waals surface area contributed by atoms with Crippen molar-refractivity contribution in [2.75, 3.05) is 13.6 Å². The van der Waals surface area contributed by atoms with Crippen molar-refractivity contribution in [3.63, 3.8) is 0 Å². The molecule has 116 valence electrons. The summed E-state index contributed by atoms with van der Waals surface area (Å²) in [6.07, 6.45) is -2.91. The Bertz CT molecular complexity index is 365. The lowest BCUT2D eigenvalue weighted by Crippen LogP contribution is -2.52. The Kier molecular flexibility index (Phi) is 5.24. The maximum Gasteiger partial charge on any atom is 0.390 e. The summed E-state index contributed by atoms with van der Waals surface area (Å²) in [5.41, 5.74) is -0.824. The molecule has 1 aliphatic carbocycles. The summed E-state index contributed by atoms with van der Waals surface area (Å²) in [6.45, 7) is -0.446. The highest BCUT2D eigenvalue weighted by molar-refractivity contribution is 5.76. The van der Waals surface area contributed by atoms with Crippen molar-refractivity contribution in [3.8, 4) is 0 Å². The van der Waals surface area contributed by atoms with Crippen LogP contribution >= 0.6 is 0 Å². The Morgan fingerprint density at radius 2 is 1.85 bits per heavy atom. The number of aliphatic carboxylic acids is 1. The number of alkyl halides is 3. The fraction of sp³-hybridized carbons (Fsp3) is 0.833. The summed E-state index contributed by atoms with van der Waals surface area (Å²) >= 11 is 0. The van der Waals surface area contributed by atoms with Gasteiger partial charge in [0.1, 0.15) is 0 Å². The fourth-order valence-corrected chi connectivity index (χ4v) is 2.41. The standard InChI is InChI=1S/C12H19F3N2O3/c1-17(7-6-12(13,14)15)10(20)16-11(8-9(18)19)4-2-3-5-11/h2-8H2,1H3,(H,16,20)(H,18,19). The minimum Gasteiger partial charge on any atom is -0.481 e. The number of carboxylic acid groups (broad SMARTS) is 1. The lowest BCUT2D eigenvalue weighted by molar-refractivity contribution is -0.138. The molecule has 20 heavy (non-hydrogen) atoms. The van der Waals surface area contributed by atoms with Crippen LogP contribution in [0.2, 0.25) is 0 Å². The molecule has 1 fully saturated rings. The number of carbonyl (C=O) groups excluding carboxylic acids is 1. The molecule has 0 saturated heterocycles. The molecule has 0 bridgehead atoms. The number of nitrogens with one attached hydrogen (secondary N) is 1. The molecule has 0 aromatic heterocycles. The third kappa shape index (κ3) is 5.26. The Morgan fingerprint density at radius 1 is 1.30 bits per heavy atom. The number of hydrogen-bond donors (Lipinski definition) is 2. The highest BCUT2D eigenvalue weighted by Crippen LogP contribution is 2.32. The molecule has 2 N–H and O–H groups in total. The molecule has 1 saturated carbocycles. The molecular formula is C12H19F3N2O3. The van der Waals surface area contributed by atoms with Gasteiger partial charge in [-0.25, -0.2) is 4.79 Å². The third-order valence-electron chi connectivity index (χ3n) is 3.50. The maximum atomic E-state index is 12.1. The van der Waals surface area contributed by atoms with Crippen LogP contribution < -0.4 is 5.32 Å². The molecule has 0 atom stereocenters. The van der Waals surface area contributed by atoms with Crippen LogP contribution in [0.15, 0.2) is 0 Å². The lowest BCUT2D eigenvalue weighted by atomic mass is 9.93. The van der Waals surface area contributed by atoms with Crippen molar-refractivity contribution in [1.82, 2.24) is 10.2 Å². The van der Waals surface area contributed by atoms with E-state index in [1.165, 1.54) is 7.05 Å². The molecule has 0 aliphatic heterocycles. The van der Waals surface area contributed by atoms with Crippen LogP contribution in [0.4, 0.5) is 18.0 Å². The number of amides is 2. The zero-order valence-corrected chi connectivity index (χ0v) is 11.3. The van der Waals surface area contributed by atoms with E-state index in [0.29, 0.717) is 12.8 Å². The minimum atomic E-state index is -4.32. The summed E-state index contributed by atoms with van der Waals surface area (Å²) in [5, 5.41) is 11.5. The van der Waals surface area contributed by atoms with E-state index in [4.69, 9.17) is 5.11 Å². The molecule has 0 spiro atoms. The van der Waals surface area contributed by atoms with Crippen molar-refractivity contribution in [3.05, 3.63) is 0 Å². The van der Waals surface area contributed by atoms with Crippen LogP contribution in [0.25, 0.3) is 0 Å². The van der Waals surface area contributed by atoms with Gasteiger partial charge in [0.25, 0.3) is 0 Å². The first-order valence-electron chi connectivity index (χ1n) is 6.45. The van der Waals surface area contributed by atoms with E-state index in [0.717, 1.165) is 17.7 Å². The zero-order valence-electron chi connectivity index (χ0n) is 11.3. The summed E-state index contributed by atoms with van der Waals surface area (Å²) < 4.78 is 36.3. The van der Waals surface area contributed by atoms with Gasteiger partial charge in [0, 0.05) is 13.6 Å². The quantitative estimate of drug-likeness (QED) is 0.818. The smallest absolute Gasteiger partial charge is 0.390 e. The predicted octanol–water partition coefficient (Wildman–Crippen LogP) is 2.37. The number of rotatable bonds is 5. The van der Waals surface area contributed by atoms with Gasteiger partial charge in [0.05, 0.1) is 18.4 Å². The lowest BCUT2D eigenvalue weighted by Gasteiger charge is -2.31. The summed E-state index contributed by atoms with van der Waals surface area (Å²) in [7, 11) is 1.27. The van der Waals surface area contributed by atoms with Gasteiger partial charge in [-0.3, -0.25) is 4.79 Å². The van der Waals surface area contributed by atoms with E-state index in [9.17, 15) is 22.8 Å². The van der Waals surface area contributed by atoms with Gasteiger partial charge in [-0.1, -0.05) is 12.8 Å². The molecule has 1 aliphatic rings. The predicted molar refractivity (Wildman–Crippen MR) is 65.3 cm³/mol. The van der Waals surface area contributed by atoms with Crippen molar-refractivity contribution < 1.29 is 27.9 Å². The Morgan fingerprint density at radius 3 is 2.30 bits per heavy atom. The second-order valence-electron chi connectivity index (χ2n) is 5.27. The molecule has 0 unspecified atom stereocenters. The molecule has 1 rings (SSSR count). The Labute approximate surface area is 115 Å². The number of halogens is 3. The van der Waals surface area contributed by atoms with Gasteiger partial charge in [0.15, 0.2) is 0 Å². The molecule has 0 aromatic rings. The molecule has 2 amide bonds. The van der Waals surface area contributed by atoms with Gasteiger partial charge in [-0.05, 0) is 12.8 Å². The first kappa shape index (κ1) is 16.6. The van der Waals surface area contributed by atoms with E-state index in [1.54, 1.807) is 0 Å². The van der Waals surface area contributed by atoms with Gasteiger partial charge in [0.2, 0.25) is 0 Å². The van der Waals surface area contributed by atoms with Crippen molar-refractivity contribution in [1.29, 1.82) is 0 Å². The number of hydrogen-bond acceptors (Lipinski definition) is 2. The maximum absolute atomic E-state index is 12.1. The molecule has 0 aromatic carbocycles. The monoisotopic (exact) mass is 296 g/mol. The van der Waals surface area contributed by atoms with Crippen LogP contribution in [0.1, 0.15) is 38.5 Å². The summed E-state index contributed by atoms with van der Waals surface area (Å²) in [4.78, 5) is 23.7. The summed E-state index contributed by atoms with van der Waals surface area (Å²) in [6, 6.07) is -0.655. The molecule has 8 heteroatoms. The van der Waals surface area contributed by atoms with Gasteiger partial charge >= 0.3 is 18.2 Å². The van der Waals surface area contributed by atoms with Crippen LogP contribution in [0.5, 0.6) is 0 Å². The van der Waals surface area contributed by atoms with Crippen molar-refractivity contribution in [2.45, 2.75) is 50.2 Å². The van der Waals surface area contributed by atoms with Crippen LogP contribution in [0.3, 0.4) is 0 Å². The van der Waals surface area contributed by atoms with E-state index >= 15 is 0 Å². The first-order valence-corrected chi connectivity index (χ1v) is 6.45. The minimum absolute atomic E-state index is 0.203. The average molecular weight is 296 g/mol. The number of urea groups is 1. The first-order chi connectivity index (χ1) is 9.14. The van der Waals surface area contributed by atoms with Gasteiger partial charge in [-0.2, -0.15) is 13.2 Å². The van der Waals surface area contributed by atoms with Crippen molar-refractivity contribution in [2.24, 2.45) is 0 Å². The third-order valence-corrected chi connectivity index (χ3v) is 3.50. The Hall–Kier alpha value is -1.47. The largest absolute Gasteiger partial charge is 0.481 e. The van der Waals surface area contributed by atoms with E-state index in [-0.39, 0.29) is 6.42 Å².